The van der Waals surface area contributed by atoms with Crippen molar-refractivity contribution in [2.45, 2.75) is 90.5 Å². The molecule has 0 radical (unpaired) electrons. The lowest BCUT2D eigenvalue weighted by molar-refractivity contribution is 0.391. The van der Waals surface area contributed by atoms with E-state index in [4.69, 9.17) is 0 Å². The number of hydrogen-bond donors (Lipinski definition) is 0. The molecule has 0 bridgehead atoms. The van der Waals surface area contributed by atoms with Crippen LogP contribution in [0.25, 0.3) is 0 Å². The first-order chi connectivity index (χ1) is 7.48. The molecule has 0 nitrogen and oxygen atoms in total. The Morgan fingerprint density at radius 3 is 1.75 bits per heavy atom. The van der Waals surface area contributed by atoms with Gasteiger partial charge in [-0.2, -0.15) is 0 Å². The fourth-order valence-corrected chi connectivity index (χ4v) is 2.31. The molecule has 0 aromatic heterocycles. The van der Waals surface area contributed by atoms with Gasteiger partial charge >= 0.3 is 0 Å². The van der Waals surface area contributed by atoms with Gasteiger partial charge in [0.2, 0.25) is 0 Å². The monoisotopic (exact) mass is 242 g/mol. The Kier molecular flexibility index (Phi) is 9.39. The topological polar surface area (TPSA) is 0 Å². The van der Waals surface area contributed by atoms with E-state index in [9.17, 15) is 0 Å². The highest BCUT2D eigenvalue weighted by Crippen LogP contribution is 2.33. The first-order valence-electron chi connectivity index (χ1n) is 7.48. The van der Waals surface area contributed by atoms with Crippen LogP contribution in [0.5, 0.6) is 0 Å². The summed E-state index contributed by atoms with van der Waals surface area (Å²) in [5.74, 6) is 0.930. The van der Waals surface area contributed by atoms with Crippen LogP contribution in [-0.2, 0) is 0 Å². The summed E-state index contributed by atoms with van der Waals surface area (Å²) in [5.41, 5.74) is 0. The van der Waals surface area contributed by atoms with E-state index in [-0.39, 0.29) is 0 Å². The summed E-state index contributed by atoms with van der Waals surface area (Å²) in [7, 11) is 1.33. The second-order valence-electron chi connectivity index (χ2n) is 6.53. The van der Waals surface area contributed by atoms with Crippen LogP contribution in [-0.4, -0.2) is 10.2 Å². The standard InChI is InChI=1S/C15H34Si/c1-5-6-7-8-9-10-11-12-13-14(2)15(3,4)16/h14H,5-13H2,1-4,16H3. The Morgan fingerprint density at radius 2 is 1.31 bits per heavy atom. The van der Waals surface area contributed by atoms with Crippen molar-refractivity contribution in [3.8, 4) is 0 Å². The smallest absolute Gasteiger partial charge is 0.0103 e. The molecule has 0 aromatic carbocycles. The molecular weight excluding hydrogens is 208 g/mol. The molecule has 0 amide bonds. The molecule has 0 saturated heterocycles. The molecule has 0 N–H and O–H groups in total. The van der Waals surface area contributed by atoms with Crippen LogP contribution in [0.1, 0.15) is 85.5 Å². The normalized spacial score (nSPS) is 14.2. The van der Waals surface area contributed by atoms with Crippen molar-refractivity contribution in [3.05, 3.63) is 0 Å². The summed E-state index contributed by atoms with van der Waals surface area (Å²) >= 11 is 0. The zero-order valence-corrected chi connectivity index (χ0v) is 14.4. The van der Waals surface area contributed by atoms with E-state index in [1.54, 1.807) is 0 Å². The summed E-state index contributed by atoms with van der Waals surface area (Å²) in [5, 5.41) is 0.640. The molecule has 0 aliphatic rings. The average Bonchev–Trinajstić information content (AvgIpc) is 2.20. The third-order valence-corrected chi connectivity index (χ3v) is 4.95. The number of hydrogen-bond acceptors (Lipinski definition) is 0. The Labute approximate surface area is 107 Å². The van der Waals surface area contributed by atoms with Gasteiger partial charge < -0.3 is 0 Å². The van der Waals surface area contributed by atoms with Crippen molar-refractivity contribution >= 4 is 10.2 Å². The summed E-state index contributed by atoms with van der Waals surface area (Å²) in [6, 6.07) is 0. The fourth-order valence-electron chi connectivity index (χ4n) is 2.02. The van der Waals surface area contributed by atoms with Crippen LogP contribution in [0, 0.1) is 5.92 Å². The largest absolute Gasteiger partial charge is 0.0654 e. The van der Waals surface area contributed by atoms with Gasteiger partial charge in [0, 0.05) is 10.2 Å². The van der Waals surface area contributed by atoms with E-state index < -0.39 is 0 Å². The van der Waals surface area contributed by atoms with E-state index in [1.807, 2.05) is 0 Å². The molecule has 16 heavy (non-hydrogen) atoms. The van der Waals surface area contributed by atoms with Gasteiger partial charge in [0.1, 0.15) is 0 Å². The first-order valence-corrected chi connectivity index (χ1v) is 8.48. The van der Waals surface area contributed by atoms with Gasteiger partial charge in [-0.25, -0.2) is 0 Å². The zero-order chi connectivity index (χ0) is 12.4. The number of unbranched alkanes of at least 4 members (excludes halogenated alkanes) is 7. The highest BCUT2D eigenvalue weighted by atomic mass is 28.1. The van der Waals surface area contributed by atoms with Gasteiger partial charge in [0.05, 0.1) is 0 Å². The maximum atomic E-state index is 2.44. The van der Waals surface area contributed by atoms with Gasteiger partial charge in [-0.15, -0.1) is 0 Å². The lowest BCUT2D eigenvalue weighted by Crippen LogP contribution is -2.14. The van der Waals surface area contributed by atoms with E-state index in [1.165, 1.54) is 68.0 Å². The molecule has 0 aliphatic heterocycles. The van der Waals surface area contributed by atoms with Crippen LogP contribution < -0.4 is 0 Å². The minimum Gasteiger partial charge on any atom is -0.0654 e. The maximum Gasteiger partial charge on any atom is 0.0103 e. The highest BCUT2D eigenvalue weighted by Gasteiger charge is 2.18. The van der Waals surface area contributed by atoms with Crippen molar-refractivity contribution in [2.24, 2.45) is 5.92 Å². The van der Waals surface area contributed by atoms with Gasteiger partial charge in [0.15, 0.2) is 0 Å². The Balaban J connectivity index is 3.21. The SMILES string of the molecule is CCCCCCCCCCC(C)C(C)(C)[SiH3]. The molecule has 1 unspecified atom stereocenters. The van der Waals surface area contributed by atoms with Crippen molar-refractivity contribution in [3.63, 3.8) is 0 Å². The van der Waals surface area contributed by atoms with Crippen LogP contribution in [0.15, 0.2) is 0 Å². The van der Waals surface area contributed by atoms with Crippen molar-refractivity contribution < 1.29 is 0 Å². The fraction of sp³-hybridized carbons (Fsp3) is 1.00. The van der Waals surface area contributed by atoms with E-state index in [2.05, 4.69) is 27.7 Å². The maximum absolute atomic E-state index is 2.44. The molecule has 1 heteroatoms. The van der Waals surface area contributed by atoms with Crippen molar-refractivity contribution in [1.82, 2.24) is 0 Å². The molecule has 0 aromatic rings. The molecule has 0 heterocycles. The molecule has 0 aliphatic carbocycles. The van der Waals surface area contributed by atoms with Crippen LogP contribution >= 0.6 is 0 Å². The summed E-state index contributed by atoms with van der Waals surface area (Å²) < 4.78 is 0. The van der Waals surface area contributed by atoms with Crippen molar-refractivity contribution in [1.29, 1.82) is 0 Å². The highest BCUT2D eigenvalue weighted by molar-refractivity contribution is 6.14. The third-order valence-electron chi connectivity index (χ3n) is 3.97. The van der Waals surface area contributed by atoms with Gasteiger partial charge in [0.25, 0.3) is 0 Å². The molecule has 1 atom stereocenters. The summed E-state index contributed by atoms with van der Waals surface area (Å²) in [6.45, 7) is 9.58. The summed E-state index contributed by atoms with van der Waals surface area (Å²) in [4.78, 5) is 0. The van der Waals surface area contributed by atoms with Crippen molar-refractivity contribution in [2.75, 3.05) is 0 Å². The van der Waals surface area contributed by atoms with Crippen LogP contribution in [0.2, 0.25) is 5.04 Å². The first kappa shape index (κ1) is 16.2. The molecule has 0 rings (SSSR count). The molecule has 98 valence electrons. The lowest BCUT2D eigenvalue weighted by Gasteiger charge is -2.27. The predicted molar refractivity (Wildman–Crippen MR) is 80.4 cm³/mol. The van der Waals surface area contributed by atoms with E-state index >= 15 is 0 Å². The molecule has 0 fully saturated rings. The van der Waals surface area contributed by atoms with E-state index in [0.29, 0.717) is 5.04 Å². The minimum absolute atomic E-state index is 0.640. The van der Waals surface area contributed by atoms with Gasteiger partial charge in [-0.05, 0) is 11.0 Å². The van der Waals surface area contributed by atoms with Crippen LogP contribution in [0.3, 0.4) is 0 Å². The third kappa shape index (κ3) is 9.44. The molecule has 0 saturated carbocycles. The van der Waals surface area contributed by atoms with Gasteiger partial charge in [-0.3, -0.25) is 0 Å². The summed E-state index contributed by atoms with van der Waals surface area (Å²) in [6.07, 6.45) is 13.0. The van der Waals surface area contributed by atoms with E-state index in [0.717, 1.165) is 5.92 Å². The minimum atomic E-state index is 0.640. The molecule has 0 spiro atoms. The Morgan fingerprint density at radius 1 is 0.875 bits per heavy atom. The van der Waals surface area contributed by atoms with Crippen LogP contribution in [0.4, 0.5) is 0 Å². The predicted octanol–water partition coefficient (Wildman–Crippen LogP) is 4.72. The Hall–Kier alpha value is 0.217. The lowest BCUT2D eigenvalue weighted by atomic mass is 9.91. The Bertz CT molecular complexity index is 146. The average molecular weight is 243 g/mol. The zero-order valence-electron chi connectivity index (χ0n) is 12.4. The second kappa shape index (κ2) is 9.27. The second-order valence-corrected chi connectivity index (χ2v) is 9.11. The van der Waals surface area contributed by atoms with Gasteiger partial charge in [-0.1, -0.05) is 85.5 Å². The molecular formula is C15H34Si. The quantitative estimate of drug-likeness (QED) is 0.384. The number of rotatable bonds is 10.